The molecule has 0 saturated carbocycles. The van der Waals surface area contributed by atoms with Crippen molar-refractivity contribution in [3.63, 3.8) is 0 Å². The van der Waals surface area contributed by atoms with Crippen molar-refractivity contribution in [2.45, 2.75) is 0 Å². The summed E-state index contributed by atoms with van der Waals surface area (Å²) in [4.78, 5) is 24.4. The molecule has 0 spiro atoms. The fourth-order valence-electron chi connectivity index (χ4n) is 2.13. The minimum absolute atomic E-state index is 0.172. The normalized spacial score (nSPS) is 10.4. The molecule has 0 heterocycles. The molecule has 0 amide bonds. The van der Waals surface area contributed by atoms with Gasteiger partial charge in [0.2, 0.25) is 0 Å². The third-order valence-electron chi connectivity index (χ3n) is 2.95. The number of carboxylic acids is 2. The summed E-state index contributed by atoms with van der Waals surface area (Å²) in [5.41, 5.74) is 0.307. The van der Waals surface area contributed by atoms with E-state index in [2.05, 4.69) is 0 Å². The van der Waals surface area contributed by atoms with E-state index in [1.54, 1.807) is 43.3 Å². The van der Waals surface area contributed by atoms with Crippen molar-refractivity contribution < 1.29 is 19.8 Å². The van der Waals surface area contributed by atoms with E-state index in [1.165, 1.54) is 6.07 Å². The highest BCUT2D eigenvalue weighted by molar-refractivity contribution is 6.15. The molecule has 0 radical (unpaired) electrons. The molecular formula is C14H13NO4. The van der Waals surface area contributed by atoms with Crippen LogP contribution in [0.3, 0.4) is 0 Å². The van der Waals surface area contributed by atoms with Crippen molar-refractivity contribution in [1.29, 1.82) is 0 Å². The molecule has 0 unspecified atom stereocenters. The standard InChI is InChI=1S/C14H13NO4/c1-15(2)11-7-10(13(16)17)12(14(18)19)9-6-4-3-5-8(9)11/h3-7H,1-2H3,(H,16,17)(H,18,19). The van der Waals surface area contributed by atoms with Crippen LogP contribution in [0, 0.1) is 0 Å². The summed E-state index contributed by atoms with van der Waals surface area (Å²) in [6.07, 6.45) is 0. The summed E-state index contributed by atoms with van der Waals surface area (Å²) in [6.45, 7) is 0. The molecule has 0 saturated heterocycles. The molecule has 5 nitrogen and oxygen atoms in total. The van der Waals surface area contributed by atoms with Gasteiger partial charge in [0.25, 0.3) is 0 Å². The maximum absolute atomic E-state index is 11.3. The molecule has 19 heavy (non-hydrogen) atoms. The smallest absolute Gasteiger partial charge is 0.337 e. The molecule has 0 fully saturated rings. The fraction of sp³-hybridized carbons (Fsp3) is 0.143. The van der Waals surface area contributed by atoms with Crippen LogP contribution in [0.15, 0.2) is 30.3 Å². The number of rotatable bonds is 3. The number of carboxylic acid groups (broad SMARTS) is 2. The topological polar surface area (TPSA) is 77.8 Å². The summed E-state index contributed by atoms with van der Waals surface area (Å²) < 4.78 is 0. The monoisotopic (exact) mass is 259 g/mol. The van der Waals surface area contributed by atoms with Crippen molar-refractivity contribution in [1.82, 2.24) is 0 Å². The van der Waals surface area contributed by atoms with Crippen LogP contribution in [0.25, 0.3) is 10.8 Å². The van der Waals surface area contributed by atoms with Gasteiger partial charge in [-0.2, -0.15) is 0 Å². The van der Waals surface area contributed by atoms with E-state index in [-0.39, 0.29) is 11.1 Å². The first kappa shape index (κ1) is 12.9. The van der Waals surface area contributed by atoms with Gasteiger partial charge in [0.1, 0.15) is 0 Å². The first-order valence-electron chi connectivity index (χ1n) is 5.63. The van der Waals surface area contributed by atoms with Crippen LogP contribution in [0.5, 0.6) is 0 Å². The molecule has 0 aliphatic rings. The van der Waals surface area contributed by atoms with Crippen LogP contribution >= 0.6 is 0 Å². The summed E-state index contributed by atoms with van der Waals surface area (Å²) in [5, 5.41) is 19.6. The van der Waals surface area contributed by atoms with E-state index < -0.39 is 11.9 Å². The van der Waals surface area contributed by atoms with Gasteiger partial charge < -0.3 is 15.1 Å². The van der Waals surface area contributed by atoms with E-state index in [0.717, 1.165) is 5.39 Å². The predicted octanol–water partition coefficient (Wildman–Crippen LogP) is 2.30. The zero-order valence-corrected chi connectivity index (χ0v) is 10.5. The second kappa shape index (κ2) is 4.61. The quantitative estimate of drug-likeness (QED) is 0.884. The van der Waals surface area contributed by atoms with Crippen molar-refractivity contribution in [3.8, 4) is 0 Å². The molecule has 0 aliphatic heterocycles. The molecule has 98 valence electrons. The van der Waals surface area contributed by atoms with Gasteiger partial charge in [-0.3, -0.25) is 0 Å². The molecule has 0 aromatic heterocycles. The van der Waals surface area contributed by atoms with Crippen LogP contribution in [-0.4, -0.2) is 36.2 Å². The Morgan fingerprint density at radius 2 is 1.58 bits per heavy atom. The summed E-state index contributed by atoms with van der Waals surface area (Å²) >= 11 is 0. The van der Waals surface area contributed by atoms with E-state index >= 15 is 0 Å². The van der Waals surface area contributed by atoms with E-state index in [9.17, 15) is 19.8 Å². The van der Waals surface area contributed by atoms with Gasteiger partial charge in [-0.05, 0) is 11.5 Å². The number of hydrogen-bond acceptors (Lipinski definition) is 3. The Morgan fingerprint density at radius 1 is 1.00 bits per heavy atom. The number of anilines is 1. The lowest BCUT2D eigenvalue weighted by atomic mass is 9.97. The van der Waals surface area contributed by atoms with Crippen molar-refractivity contribution in [2.24, 2.45) is 0 Å². The number of nitrogens with zero attached hydrogens (tertiary/aromatic N) is 1. The maximum Gasteiger partial charge on any atom is 0.337 e. The van der Waals surface area contributed by atoms with Crippen LogP contribution < -0.4 is 4.90 Å². The molecule has 0 aliphatic carbocycles. The number of aromatic carboxylic acids is 2. The van der Waals surface area contributed by atoms with Crippen molar-refractivity contribution in [2.75, 3.05) is 19.0 Å². The predicted molar refractivity (Wildman–Crippen MR) is 72.2 cm³/mol. The van der Waals surface area contributed by atoms with Gasteiger partial charge in [-0.15, -0.1) is 0 Å². The minimum atomic E-state index is -1.24. The Morgan fingerprint density at radius 3 is 2.05 bits per heavy atom. The van der Waals surface area contributed by atoms with Gasteiger partial charge in [0.15, 0.2) is 0 Å². The largest absolute Gasteiger partial charge is 0.478 e. The number of benzene rings is 2. The second-order valence-electron chi connectivity index (χ2n) is 4.37. The van der Waals surface area contributed by atoms with Crippen LogP contribution in [0.4, 0.5) is 5.69 Å². The Hall–Kier alpha value is -2.56. The molecule has 2 aromatic carbocycles. The molecule has 0 atom stereocenters. The van der Waals surface area contributed by atoms with E-state index in [0.29, 0.717) is 11.1 Å². The first-order valence-corrected chi connectivity index (χ1v) is 5.63. The second-order valence-corrected chi connectivity index (χ2v) is 4.37. The Kier molecular flexibility index (Phi) is 3.12. The zero-order chi connectivity index (χ0) is 14.2. The number of carbonyl (C=O) groups is 2. The van der Waals surface area contributed by atoms with Crippen LogP contribution in [0.1, 0.15) is 20.7 Å². The maximum atomic E-state index is 11.3. The van der Waals surface area contributed by atoms with Gasteiger partial charge >= 0.3 is 11.9 Å². The lowest BCUT2D eigenvalue weighted by molar-refractivity contribution is 0.0653. The van der Waals surface area contributed by atoms with Gasteiger partial charge in [0, 0.05) is 25.2 Å². The average Bonchev–Trinajstić information content (AvgIpc) is 2.35. The van der Waals surface area contributed by atoms with E-state index in [4.69, 9.17) is 0 Å². The lowest BCUT2D eigenvalue weighted by Gasteiger charge is -2.18. The molecule has 2 rings (SSSR count). The van der Waals surface area contributed by atoms with Gasteiger partial charge in [0.05, 0.1) is 11.1 Å². The first-order chi connectivity index (χ1) is 8.93. The third-order valence-corrected chi connectivity index (χ3v) is 2.95. The van der Waals surface area contributed by atoms with Crippen molar-refractivity contribution in [3.05, 3.63) is 41.5 Å². The third kappa shape index (κ3) is 2.10. The fourth-order valence-corrected chi connectivity index (χ4v) is 2.13. The minimum Gasteiger partial charge on any atom is -0.478 e. The van der Waals surface area contributed by atoms with Gasteiger partial charge in [-0.25, -0.2) is 9.59 Å². The number of hydrogen-bond donors (Lipinski definition) is 2. The Balaban J connectivity index is 2.98. The van der Waals surface area contributed by atoms with E-state index in [1.807, 2.05) is 0 Å². The summed E-state index contributed by atoms with van der Waals surface area (Å²) in [6, 6.07) is 8.29. The highest BCUT2D eigenvalue weighted by Crippen LogP contribution is 2.31. The molecule has 2 N–H and O–H groups in total. The molecular weight excluding hydrogens is 246 g/mol. The Labute approximate surface area is 109 Å². The SMILES string of the molecule is CN(C)c1cc(C(=O)O)c(C(=O)O)c2ccccc12. The highest BCUT2D eigenvalue weighted by atomic mass is 16.4. The Bertz CT molecular complexity index is 676. The highest BCUT2D eigenvalue weighted by Gasteiger charge is 2.21. The lowest BCUT2D eigenvalue weighted by Crippen LogP contribution is -2.14. The van der Waals surface area contributed by atoms with Crippen LogP contribution in [-0.2, 0) is 0 Å². The number of fused-ring (bicyclic) bond motifs is 1. The summed E-state index contributed by atoms with van der Waals surface area (Å²) in [5.74, 6) is -2.48. The average molecular weight is 259 g/mol. The molecule has 0 bridgehead atoms. The molecule has 2 aromatic rings. The van der Waals surface area contributed by atoms with Gasteiger partial charge in [-0.1, -0.05) is 24.3 Å². The van der Waals surface area contributed by atoms with Crippen molar-refractivity contribution >= 4 is 28.4 Å². The zero-order valence-electron chi connectivity index (χ0n) is 10.5. The summed E-state index contributed by atoms with van der Waals surface area (Å²) in [7, 11) is 3.57. The molecule has 5 heteroatoms. The van der Waals surface area contributed by atoms with Crippen LogP contribution in [0.2, 0.25) is 0 Å².